The molecule has 0 aliphatic carbocycles. The molecule has 3 heterocycles. The zero-order valence-electron chi connectivity index (χ0n) is 18.6. The Kier molecular flexibility index (Phi) is 4.35. The Labute approximate surface area is 193 Å². The lowest BCUT2D eigenvalue weighted by Crippen LogP contribution is -2.22. The fourth-order valence-electron chi connectivity index (χ4n) is 4.90. The van der Waals surface area contributed by atoms with Crippen molar-refractivity contribution in [2.45, 2.75) is 12.3 Å². The van der Waals surface area contributed by atoms with Gasteiger partial charge in [-0.2, -0.15) is 0 Å². The van der Waals surface area contributed by atoms with E-state index in [1.807, 2.05) is 48.5 Å². The van der Waals surface area contributed by atoms with Crippen molar-refractivity contribution in [3.05, 3.63) is 98.8 Å². The van der Waals surface area contributed by atoms with Gasteiger partial charge in [0.15, 0.2) is 0 Å². The highest BCUT2D eigenvalue weighted by Crippen LogP contribution is 2.43. The maximum atomic E-state index is 13.4. The Bertz CT molecular complexity index is 1740. The third-order valence-corrected chi connectivity index (χ3v) is 6.67. The highest BCUT2D eigenvalue weighted by molar-refractivity contribution is 5.90. The summed E-state index contributed by atoms with van der Waals surface area (Å²) >= 11 is 0. The average molecular weight is 452 g/mol. The summed E-state index contributed by atoms with van der Waals surface area (Å²) in [5, 5.41) is 0.427. The van der Waals surface area contributed by atoms with Gasteiger partial charge in [0.2, 0.25) is 5.43 Å². The predicted molar refractivity (Wildman–Crippen MR) is 128 cm³/mol. The number of hydrogen-bond acceptors (Lipinski definition) is 5. The monoisotopic (exact) mass is 452 g/mol. The van der Waals surface area contributed by atoms with E-state index in [4.69, 9.17) is 9.15 Å². The average Bonchev–Trinajstić information content (AvgIpc) is 3.07. The molecule has 0 amide bonds. The van der Waals surface area contributed by atoms with Gasteiger partial charge in [-0.1, -0.05) is 36.4 Å². The molecule has 5 aromatic rings. The van der Waals surface area contributed by atoms with Crippen molar-refractivity contribution in [1.82, 2.24) is 9.13 Å². The lowest BCUT2D eigenvalue weighted by Gasteiger charge is -2.25. The van der Waals surface area contributed by atoms with Crippen molar-refractivity contribution < 1.29 is 13.9 Å². The number of carbonyl (C=O) groups excluding carboxylic acids is 1. The van der Waals surface area contributed by atoms with Crippen molar-refractivity contribution in [2.24, 2.45) is 14.1 Å². The number of ether oxygens (including phenoxy) is 1. The van der Waals surface area contributed by atoms with Crippen molar-refractivity contribution in [3.8, 4) is 16.9 Å². The van der Waals surface area contributed by atoms with E-state index < -0.39 is 0 Å². The van der Waals surface area contributed by atoms with Gasteiger partial charge in [0, 0.05) is 25.6 Å². The number of aryl methyl sites for hydroxylation is 2. The molecule has 7 heteroatoms. The van der Waals surface area contributed by atoms with E-state index >= 15 is 0 Å². The molecule has 0 radical (unpaired) electrons. The van der Waals surface area contributed by atoms with Crippen LogP contribution in [0.25, 0.3) is 33.1 Å². The van der Waals surface area contributed by atoms with Crippen LogP contribution in [0.15, 0.2) is 80.9 Å². The van der Waals surface area contributed by atoms with Gasteiger partial charge in [-0.3, -0.25) is 18.7 Å². The smallest absolute Gasteiger partial charge is 0.328 e. The standard InChI is InChI=1S/C27H20N2O5/c1-28-20-10-8-16(12-21(20)29(2)27(28)32)18-13-23(30)34-22-11-9-17-25(31)19(14-33-26(17)24(18)22)15-6-4-3-5-7-15/h3-12,14,18H,13H2,1-2H3. The van der Waals surface area contributed by atoms with E-state index in [1.165, 1.54) is 6.26 Å². The van der Waals surface area contributed by atoms with E-state index in [0.29, 0.717) is 27.8 Å². The Morgan fingerprint density at radius 2 is 1.65 bits per heavy atom. The van der Waals surface area contributed by atoms with Crippen molar-refractivity contribution in [1.29, 1.82) is 0 Å². The number of imidazole rings is 1. The summed E-state index contributed by atoms with van der Waals surface area (Å²) in [5.41, 5.74) is 4.44. The molecule has 1 unspecified atom stereocenters. The minimum Gasteiger partial charge on any atom is -0.463 e. The van der Waals surface area contributed by atoms with Gasteiger partial charge in [0.25, 0.3) is 0 Å². The van der Waals surface area contributed by atoms with Crippen LogP contribution in [0.4, 0.5) is 0 Å². The number of carbonyl (C=O) groups is 1. The first-order chi connectivity index (χ1) is 16.4. The van der Waals surface area contributed by atoms with Crippen LogP contribution in [0, 0.1) is 0 Å². The van der Waals surface area contributed by atoms with Gasteiger partial charge >= 0.3 is 11.7 Å². The quantitative estimate of drug-likeness (QED) is 0.298. The molecule has 1 atom stereocenters. The summed E-state index contributed by atoms with van der Waals surface area (Å²) in [6.07, 6.45) is 1.57. The largest absolute Gasteiger partial charge is 0.463 e. The second-order valence-electron chi connectivity index (χ2n) is 8.58. The molecule has 0 saturated carbocycles. The first kappa shape index (κ1) is 20.2. The Hall–Kier alpha value is -4.39. The van der Waals surface area contributed by atoms with Crippen LogP contribution < -0.4 is 15.9 Å². The highest BCUT2D eigenvalue weighted by Gasteiger charge is 2.32. The van der Waals surface area contributed by atoms with Crippen LogP contribution in [-0.2, 0) is 18.9 Å². The molecule has 1 aliphatic heterocycles. The maximum Gasteiger partial charge on any atom is 0.328 e. The van der Waals surface area contributed by atoms with Gasteiger partial charge in [0.05, 0.1) is 28.4 Å². The number of fused-ring (bicyclic) bond motifs is 4. The maximum absolute atomic E-state index is 13.4. The molecule has 1 aliphatic rings. The van der Waals surface area contributed by atoms with E-state index in [1.54, 1.807) is 35.4 Å². The molecular formula is C27H20N2O5. The number of hydrogen-bond donors (Lipinski definition) is 0. The second-order valence-corrected chi connectivity index (χ2v) is 8.58. The van der Waals surface area contributed by atoms with Crippen LogP contribution >= 0.6 is 0 Å². The van der Waals surface area contributed by atoms with Gasteiger partial charge < -0.3 is 9.15 Å². The minimum absolute atomic E-state index is 0.0997. The van der Waals surface area contributed by atoms with Crippen molar-refractivity contribution in [3.63, 3.8) is 0 Å². The number of aromatic nitrogens is 2. The molecule has 34 heavy (non-hydrogen) atoms. The minimum atomic E-state index is -0.384. The molecule has 0 saturated heterocycles. The summed E-state index contributed by atoms with van der Waals surface area (Å²) in [4.78, 5) is 38.2. The molecule has 0 fully saturated rings. The molecular weight excluding hydrogens is 432 g/mol. The summed E-state index contributed by atoms with van der Waals surface area (Å²) < 4.78 is 14.7. The first-order valence-electron chi connectivity index (χ1n) is 10.9. The van der Waals surface area contributed by atoms with Crippen molar-refractivity contribution >= 4 is 28.0 Å². The zero-order chi connectivity index (χ0) is 23.6. The first-order valence-corrected chi connectivity index (χ1v) is 10.9. The lowest BCUT2D eigenvalue weighted by molar-refractivity contribution is -0.135. The van der Waals surface area contributed by atoms with E-state index in [0.717, 1.165) is 22.2 Å². The predicted octanol–water partition coefficient (Wildman–Crippen LogP) is 4.09. The normalized spacial score (nSPS) is 15.5. The third-order valence-electron chi connectivity index (χ3n) is 6.67. The van der Waals surface area contributed by atoms with E-state index in [-0.39, 0.29) is 29.4 Å². The Balaban J connectivity index is 1.59. The third kappa shape index (κ3) is 2.86. The Morgan fingerprint density at radius 3 is 2.44 bits per heavy atom. The molecule has 7 nitrogen and oxygen atoms in total. The van der Waals surface area contributed by atoms with Crippen LogP contribution in [0.5, 0.6) is 5.75 Å². The van der Waals surface area contributed by atoms with E-state index in [9.17, 15) is 14.4 Å². The fourth-order valence-corrected chi connectivity index (χ4v) is 4.90. The molecule has 2 aromatic heterocycles. The summed E-state index contributed by atoms with van der Waals surface area (Å²) in [6.45, 7) is 0. The lowest BCUT2D eigenvalue weighted by atomic mass is 9.85. The van der Waals surface area contributed by atoms with Gasteiger partial charge in [-0.15, -0.1) is 0 Å². The number of nitrogens with zero attached hydrogens (tertiary/aromatic N) is 2. The van der Waals surface area contributed by atoms with Crippen LogP contribution in [0.3, 0.4) is 0 Å². The van der Waals surface area contributed by atoms with Gasteiger partial charge in [0.1, 0.15) is 17.6 Å². The SMILES string of the molecule is Cn1c(=O)n(C)c2cc(C3CC(=O)Oc4ccc5c(=O)c(-c6ccccc6)coc5c43)ccc21. The van der Waals surface area contributed by atoms with Gasteiger partial charge in [-0.05, 0) is 35.4 Å². The van der Waals surface area contributed by atoms with Crippen LogP contribution in [0.2, 0.25) is 0 Å². The zero-order valence-corrected chi connectivity index (χ0v) is 18.6. The van der Waals surface area contributed by atoms with Crippen LogP contribution in [0.1, 0.15) is 23.5 Å². The number of benzene rings is 3. The summed E-state index contributed by atoms with van der Waals surface area (Å²) in [6, 6.07) is 18.4. The molecule has 6 rings (SSSR count). The summed E-state index contributed by atoms with van der Waals surface area (Å²) in [5.74, 6) is -0.362. The number of rotatable bonds is 2. The number of esters is 1. The molecule has 0 N–H and O–H groups in total. The molecule has 3 aromatic carbocycles. The Morgan fingerprint density at radius 1 is 0.882 bits per heavy atom. The van der Waals surface area contributed by atoms with E-state index in [2.05, 4.69) is 0 Å². The highest BCUT2D eigenvalue weighted by atomic mass is 16.5. The molecule has 168 valence electrons. The van der Waals surface area contributed by atoms with Crippen LogP contribution in [-0.4, -0.2) is 15.1 Å². The summed E-state index contributed by atoms with van der Waals surface area (Å²) in [7, 11) is 3.45. The fraction of sp³-hybridized carbons (Fsp3) is 0.148. The second kappa shape index (κ2) is 7.31. The topological polar surface area (TPSA) is 83.4 Å². The van der Waals surface area contributed by atoms with Crippen molar-refractivity contribution in [2.75, 3.05) is 0 Å². The molecule has 0 spiro atoms. The van der Waals surface area contributed by atoms with Gasteiger partial charge in [-0.25, -0.2) is 4.79 Å². The molecule has 0 bridgehead atoms.